The largest absolute Gasteiger partial charge is 0.376 e. The van der Waals surface area contributed by atoms with Gasteiger partial charge in [0.15, 0.2) is 11.6 Å². The molecule has 0 spiro atoms. The zero-order valence-electron chi connectivity index (χ0n) is 10.8. The molecular weight excluding hydrogens is 266 g/mol. The molecule has 3 N–H and O–H groups in total. The number of amides is 1. The van der Waals surface area contributed by atoms with Crippen LogP contribution in [0.4, 0.5) is 8.78 Å². The van der Waals surface area contributed by atoms with Crippen LogP contribution < -0.4 is 11.1 Å². The number of rotatable bonds is 2. The first kappa shape index (κ1) is 13.5. The zero-order chi connectivity index (χ0) is 14.3. The molecule has 1 aromatic carbocycles. The monoisotopic (exact) mass is 282 g/mol. The quantitative estimate of drug-likeness (QED) is 0.856. The molecule has 1 saturated carbocycles. The van der Waals surface area contributed by atoms with Crippen LogP contribution in [0.25, 0.3) is 0 Å². The maximum absolute atomic E-state index is 13.6. The topological polar surface area (TPSA) is 64.3 Å². The Balaban J connectivity index is 1.72. The summed E-state index contributed by atoms with van der Waals surface area (Å²) in [4.78, 5) is 12.0. The van der Waals surface area contributed by atoms with Crippen molar-refractivity contribution in [3.8, 4) is 0 Å². The maximum atomic E-state index is 13.6. The van der Waals surface area contributed by atoms with Crippen molar-refractivity contribution in [2.24, 2.45) is 11.7 Å². The van der Waals surface area contributed by atoms with E-state index in [-0.39, 0.29) is 29.7 Å². The third kappa shape index (κ3) is 2.09. The van der Waals surface area contributed by atoms with Gasteiger partial charge < -0.3 is 15.8 Å². The van der Waals surface area contributed by atoms with Crippen LogP contribution >= 0.6 is 0 Å². The Morgan fingerprint density at radius 3 is 3.00 bits per heavy atom. The number of halogens is 2. The van der Waals surface area contributed by atoms with Gasteiger partial charge in [0, 0.05) is 18.6 Å². The molecule has 4 nitrogen and oxygen atoms in total. The van der Waals surface area contributed by atoms with E-state index in [4.69, 9.17) is 10.5 Å². The van der Waals surface area contributed by atoms with E-state index in [0.29, 0.717) is 6.61 Å². The summed E-state index contributed by atoms with van der Waals surface area (Å²) in [7, 11) is 0. The summed E-state index contributed by atoms with van der Waals surface area (Å²) < 4.78 is 32.3. The number of hydrogen-bond acceptors (Lipinski definition) is 3. The van der Waals surface area contributed by atoms with Crippen molar-refractivity contribution < 1.29 is 18.3 Å². The summed E-state index contributed by atoms with van der Waals surface area (Å²) in [5, 5.41) is 2.65. The van der Waals surface area contributed by atoms with E-state index in [9.17, 15) is 13.6 Å². The molecular formula is C14H16F2N2O2. The van der Waals surface area contributed by atoms with Crippen LogP contribution in [0.1, 0.15) is 23.2 Å². The van der Waals surface area contributed by atoms with Crippen LogP contribution in [0.3, 0.4) is 0 Å². The van der Waals surface area contributed by atoms with Crippen LogP contribution in [0.2, 0.25) is 0 Å². The number of ether oxygens (including phenoxy) is 1. The lowest BCUT2D eigenvalue weighted by Gasteiger charge is -2.52. The van der Waals surface area contributed by atoms with Crippen molar-refractivity contribution >= 4 is 5.91 Å². The minimum absolute atomic E-state index is 0.112. The second kappa shape index (κ2) is 5.10. The molecule has 1 amide bonds. The van der Waals surface area contributed by atoms with Crippen LogP contribution in [-0.4, -0.2) is 30.7 Å². The number of hydrogen-bond donors (Lipinski definition) is 2. The van der Waals surface area contributed by atoms with Crippen LogP contribution in [0, 0.1) is 17.6 Å². The van der Waals surface area contributed by atoms with Crippen molar-refractivity contribution in [3.05, 3.63) is 35.4 Å². The first-order chi connectivity index (χ1) is 9.59. The predicted molar refractivity (Wildman–Crippen MR) is 68.1 cm³/mol. The maximum Gasteiger partial charge on any atom is 0.254 e. The minimum Gasteiger partial charge on any atom is -0.376 e. The van der Waals surface area contributed by atoms with Crippen LogP contribution in [0.5, 0.6) is 0 Å². The Hall–Kier alpha value is -1.53. The van der Waals surface area contributed by atoms with Gasteiger partial charge in [-0.05, 0) is 25.0 Å². The first-order valence-electron chi connectivity index (χ1n) is 6.71. The third-order valence-electron chi connectivity index (χ3n) is 4.17. The number of carbonyl (C=O) groups excluding carboxylic acids is 1. The van der Waals surface area contributed by atoms with Crippen molar-refractivity contribution in [1.29, 1.82) is 0 Å². The molecule has 1 aliphatic carbocycles. The number of carbonyl (C=O) groups is 1. The van der Waals surface area contributed by atoms with E-state index in [1.165, 1.54) is 12.1 Å². The SMILES string of the molecule is NC1C2CCCOC2C1NC(=O)c1cccc(F)c1F. The summed E-state index contributed by atoms with van der Waals surface area (Å²) in [5.41, 5.74) is 5.70. The molecule has 0 aromatic heterocycles. The lowest BCUT2D eigenvalue weighted by molar-refractivity contribution is -0.117. The van der Waals surface area contributed by atoms with Crippen molar-refractivity contribution in [3.63, 3.8) is 0 Å². The molecule has 1 saturated heterocycles. The Bertz CT molecular complexity index is 538. The number of nitrogens with two attached hydrogens (primary N) is 1. The number of nitrogens with one attached hydrogen (secondary N) is 1. The average Bonchev–Trinajstić information content (AvgIpc) is 2.47. The summed E-state index contributed by atoms with van der Waals surface area (Å²) in [6.07, 6.45) is 1.83. The second-order valence-electron chi connectivity index (χ2n) is 5.32. The molecule has 6 heteroatoms. The minimum atomic E-state index is -1.14. The lowest BCUT2D eigenvalue weighted by atomic mass is 9.68. The molecule has 3 rings (SSSR count). The van der Waals surface area contributed by atoms with E-state index in [2.05, 4.69) is 5.32 Å². The Morgan fingerprint density at radius 2 is 2.20 bits per heavy atom. The van der Waals surface area contributed by atoms with Gasteiger partial charge in [-0.3, -0.25) is 4.79 Å². The third-order valence-corrected chi connectivity index (χ3v) is 4.17. The Morgan fingerprint density at radius 1 is 1.40 bits per heavy atom. The van der Waals surface area contributed by atoms with Gasteiger partial charge >= 0.3 is 0 Å². The molecule has 1 aromatic rings. The molecule has 2 aliphatic rings. The summed E-state index contributed by atoms with van der Waals surface area (Å²) >= 11 is 0. The van der Waals surface area contributed by atoms with Crippen LogP contribution in [-0.2, 0) is 4.74 Å². The molecule has 20 heavy (non-hydrogen) atoms. The standard InChI is InChI=1S/C14H16F2N2O2/c15-9-5-1-3-7(10(9)16)14(19)18-12-11(17)8-4-2-6-20-13(8)12/h1,3,5,8,11-13H,2,4,6,17H2,(H,18,19). The van der Waals surface area contributed by atoms with Gasteiger partial charge in [0.1, 0.15) is 0 Å². The van der Waals surface area contributed by atoms with Gasteiger partial charge in [-0.25, -0.2) is 8.78 Å². The molecule has 1 aliphatic heterocycles. The van der Waals surface area contributed by atoms with E-state index >= 15 is 0 Å². The fraction of sp³-hybridized carbons (Fsp3) is 0.500. The normalized spacial score (nSPS) is 32.1. The highest BCUT2D eigenvalue weighted by Gasteiger charge is 2.51. The van der Waals surface area contributed by atoms with E-state index in [1.807, 2.05) is 0 Å². The fourth-order valence-corrected chi connectivity index (χ4v) is 3.03. The summed E-state index contributed by atoms with van der Waals surface area (Å²) in [6.45, 7) is 0.647. The highest BCUT2D eigenvalue weighted by Crippen LogP contribution is 2.37. The number of benzene rings is 1. The van der Waals surface area contributed by atoms with Gasteiger partial charge in [0.2, 0.25) is 0 Å². The predicted octanol–water partition coefficient (Wildman–Crippen LogP) is 1.20. The molecule has 4 unspecified atom stereocenters. The second-order valence-corrected chi connectivity index (χ2v) is 5.32. The van der Waals surface area contributed by atoms with Crippen molar-refractivity contribution in [2.75, 3.05) is 6.61 Å². The smallest absolute Gasteiger partial charge is 0.254 e. The summed E-state index contributed by atoms with van der Waals surface area (Å²) in [5.74, 6) is -2.59. The highest BCUT2D eigenvalue weighted by atomic mass is 19.2. The molecule has 4 atom stereocenters. The summed E-state index contributed by atoms with van der Waals surface area (Å²) in [6, 6.07) is 2.99. The van der Waals surface area contributed by atoms with Crippen LogP contribution in [0.15, 0.2) is 18.2 Å². The Kier molecular flexibility index (Phi) is 3.43. The highest BCUT2D eigenvalue weighted by molar-refractivity contribution is 5.94. The number of fused-ring (bicyclic) bond motifs is 1. The molecule has 0 bridgehead atoms. The molecule has 2 fully saturated rings. The van der Waals surface area contributed by atoms with Crippen molar-refractivity contribution in [2.45, 2.75) is 31.0 Å². The van der Waals surface area contributed by atoms with E-state index in [0.717, 1.165) is 18.9 Å². The average molecular weight is 282 g/mol. The van der Waals surface area contributed by atoms with Gasteiger partial charge in [-0.1, -0.05) is 6.07 Å². The molecule has 1 heterocycles. The molecule has 108 valence electrons. The molecule has 0 radical (unpaired) electrons. The van der Waals surface area contributed by atoms with Gasteiger partial charge in [0.05, 0.1) is 17.7 Å². The van der Waals surface area contributed by atoms with Gasteiger partial charge in [-0.15, -0.1) is 0 Å². The first-order valence-corrected chi connectivity index (χ1v) is 6.71. The Labute approximate surface area is 115 Å². The van der Waals surface area contributed by atoms with E-state index < -0.39 is 17.5 Å². The lowest BCUT2D eigenvalue weighted by Crippen LogP contribution is -2.72. The zero-order valence-corrected chi connectivity index (χ0v) is 10.8. The van der Waals surface area contributed by atoms with E-state index in [1.54, 1.807) is 0 Å². The van der Waals surface area contributed by atoms with Gasteiger partial charge in [-0.2, -0.15) is 0 Å². The van der Waals surface area contributed by atoms with Gasteiger partial charge in [0.25, 0.3) is 5.91 Å². The van der Waals surface area contributed by atoms with Crippen molar-refractivity contribution in [1.82, 2.24) is 5.32 Å². The fourth-order valence-electron chi connectivity index (χ4n) is 3.03.